The van der Waals surface area contributed by atoms with Gasteiger partial charge in [-0.3, -0.25) is 14.3 Å². The number of nitrogens with one attached hydrogen (secondary N) is 1. The van der Waals surface area contributed by atoms with E-state index in [-0.39, 0.29) is 29.8 Å². The van der Waals surface area contributed by atoms with E-state index in [0.29, 0.717) is 36.3 Å². The molecule has 0 bridgehead atoms. The number of likely N-dealkylation sites (N-methyl/N-ethyl adjacent to an activating group) is 1. The second-order valence-corrected chi connectivity index (χ2v) is 9.48. The Morgan fingerprint density at radius 2 is 1.86 bits per heavy atom. The van der Waals surface area contributed by atoms with Crippen molar-refractivity contribution in [1.82, 2.24) is 24.6 Å². The molecule has 0 saturated carbocycles. The molecule has 37 heavy (non-hydrogen) atoms. The molecule has 1 saturated heterocycles. The van der Waals surface area contributed by atoms with Gasteiger partial charge in [0.15, 0.2) is 0 Å². The Morgan fingerprint density at radius 1 is 1.14 bits per heavy atom. The van der Waals surface area contributed by atoms with Crippen LogP contribution in [0.15, 0.2) is 36.5 Å². The van der Waals surface area contributed by atoms with E-state index in [4.69, 9.17) is 4.74 Å². The average Bonchev–Trinajstić information content (AvgIpc) is 3.23. The van der Waals surface area contributed by atoms with Crippen LogP contribution in [0, 0.1) is 5.92 Å². The molecule has 2 aromatic heterocycles. The van der Waals surface area contributed by atoms with Gasteiger partial charge in [-0.25, -0.2) is 4.98 Å². The van der Waals surface area contributed by atoms with Gasteiger partial charge in [0.1, 0.15) is 23.7 Å². The molecule has 1 aromatic carbocycles. The number of rotatable bonds is 7. The lowest BCUT2D eigenvalue weighted by Crippen LogP contribution is -2.48. The van der Waals surface area contributed by atoms with Crippen LogP contribution in [0.1, 0.15) is 30.0 Å². The van der Waals surface area contributed by atoms with E-state index in [9.17, 15) is 22.8 Å². The van der Waals surface area contributed by atoms with Gasteiger partial charge in [-0.05, 0) is 31.2 Å². The summed E-state index contributed by atoms with van der Waals surface area (Å²) in [7, 11) is 2.01. The number of hydrogen-bond acceptors (Lipinski definition) is 6. The number of fused-ring (bicyclic) bond motifs is 1. The fourth-order valence-corrected chi connectivity index (χ4v) is 3.86. The highest BCUT2D eigenvalue weighted by Crippen LogP contribution is 2.32. The van der Waals surface area contributed by atoms with Crippen LogP contribution in [-0.2, 0) is 17.5 Å². The minimum atomic E-state index is -4.67. The van der Waals surface area contributed by atoms with Crippen LogP contribution in [0.25, 0.3) is 10.9 Å². The first-order valence-corrected chi connectivity index (χ1v) is 12.0. The number of aromatic nitrogens is 3. The largest absolute Gasteiger partial charge is 0.491 e. The van der Waals surface area contributed by atoms with Gasteiger partial charge in [0.25, 0.3) is 5.91 Å². The second kappa shape index (κ2) is 10.8. The number of pyridine rings is 1. The molecule has 1 aliphatic rings. The number of benzene rings is 1. The summed E-state index contributed by atoms with van der Waals surface area (Å²) in [5.74, 6) is -0.348. The van der Waals surface area contributed by atoms with Crippen LogP contribution in [-0.4, -0.2) is 76.2 Å². The van der Waals surface area contributed by atoms with Gasteiger partial charge in [0.05, 0.1) is 17.8 Å². The summed E-state index contributed by atoms with van der Waals surface area (Å²) in [5.41, 5.74) is -0.709. The fourth-order valence-electron chi connectivity index (χ4n) is 3.86. The monoisotopic (exact) mass is 518 g/mol. The van der Waals surface area contributed by atoms with Crippen LogP contribution in [0.3, 0.4) is 0 Å². The molecule has 0 unspecified atom stereocenters. The number of anilines is 1. The highest BCUT2D eigenvalue weighted by Gasteiger charge is 2.33. The van der Waals surface area contributed by atoms with Gasteiger partial charge >= 0.3 is 6.18 Å². The number of ether oxygens (including phenoxy) is 1. The van der Waals surface area contributed by atoms with E-state index >= 15 is 0 Å². The van der Waals surface area contributed by atoms with Gasteiger partial charge in [0, 0.05) is 43.8 Å². The fraction of sp³-hybridized carbons (Fsp3) is 0.440. The third-order valence-corrected chi connectivity index (χ3v) is 5.90. The van der Waals surface area contributed by atoms with Crippen LogP contribution in [0.5, 0.6) is 5.75 Å². The van der Waals surface area contributed by atoms with Crippen LogP contribution < -0.4 is 10.1 Å². The molecule has 0 radical (unpaired) electrons. The van der Waals surface area contributed by atoms with Crippen molar-refractivity contribution >= 4 is 28.4 Å². The lowest BCUT2D eigenvalue weighted by atomic mass is 10.2. The summed E-state index contributed by atoms with van der Waals surface area (Å²) in [4.78, 5) is 33.0. The SMILES string of the molecule is CC(C)COc1cc2nn(CC(=O)N3CCN(C)CC3)cc2cc1NC(=O)c1cccc(C(F)(F)F)n1. The zero-order chi connectivity index (χ0) is 26.7. The summed E-state index contributed by atoms with van der Waals surface area (Å²) in [6, 6.07) is 6.41. The third-order valence-electron chi connectivity index (χ3n) is 5.90. The van der Waals surface area contributed by atoms with Gasteiger partial charge in [0.2, 0.25) is 5.91 Å². The van der Waals surface area contributed by atoms with Crippen molar-refractivity contribution in [2.45, 2.75) is 26.6 Å². The number of hydrogen-bond donors (Lipinski definition) is 1. The lowest BCUT2D eigenvalue weighted by molar-refractivity contribution is -0.141. The Hall–Kier alpha value is -3.67. The molecule has 3 heterocycles. The number of carbonyl (C=O) groups excluding carboxylic acids is 2. The molecule has 0 atom stereocenters. The van der Waals surface area contributed by atoms with Crippen molar-refractivity contribution in [3.8, 4) is 5.75 Å². The Morgan fingerprint density at radius 3 is 2.54 bits per heavy atom. The number of piperazine rings is 1. The molecule has 0 spiro atoms. The van der Waals surface area contributed by atoms with E-state index < -0.39 is 17.8 Å². The Labute approximate surface area is 212 Å². The van der Waals surface area contributed by atoms with Gasteiger partial charge in [-0.2, -0.15) is 18.3 Å². The molecule has 9 nitrogen and oxygen atoms in total. The molecular weight excluding hydrogens is 489 g/mol. The molecule has 2 amide bonds. The summed E-state index contributed by atoms with van der Waals surface area (Å²) in [6.45, 7) is 7.27. The van der Waals surface area contributed by atoms with Gasteiger partial charge < -0.3 is 19.9 Å². The number of amides is 2. The summed E-state index contributed by atoms with van der Waals surface area (Å²) in [6.07, 6.45) is -2.98. The first-order valence-electron chi connectivity index (χ1n) is 12.0. The highest BCUT2D eigenvalue weighted by atomic mass is 19.4. The minimum absolute atomic E-state index is 0.0404. The van der Waals surface area contributed by atoms with E-state index in [2.05, 4.69) is 20.3 Å². The Balaban J connectivity index is 1.58. The van der Waals surface area contributed by atoms with Gasteiger partial charge in [-0.15, -0.1) is 0 Å². The van der Waals surface area contributed by atoms with Crippen molar-refractivity contribution in [3.63, 3.8) is 0 Å². The molecule has 1 fully saturated rings. The number of alkyl halides is 3. The predicted molar refractivity (Wildman–Crippen MR) is 131 cm³/mol. The molecule has 0 aliphatic carbocycles. The smallest absolute Gasteiger partial charge is 0.433 e. The van der Waals surface area contributed by atoms with Crippen LogP contribution in [0.2, 0.25) is 0 Å². The van der Waals surface area contributed by atoms with E-state index in [1.54, 1.807) is 23.2 Å². The first-order chi connectivity index (χ1) is 17.5. The highest BCUT2D eigenvalue weighted by molar-refractivity contribution is 6.05. The number of carbonyl (C=O) groups is 2. The van der Waals surface area contributed by atoms with Crippen LogP contribution >= 0.6 is 0 Å². The summed E-state index contributed by atoms with van der Waals surface area (Å²) < 4.78 is 46.6. The number of nitrogens with zero attached hydrogens (tertiary/aromatic N) is 5. The molecule has 12 heteroatoms. The second-order valence-electron chi connectivity index (χ2n) is 9.48. The van der Waals surface area contributed by atoms with Crippen LogP contribution in [0.4, 0.5) is 18.9 Å². The molecular formula is C25H29F3N6O3. The molecule has 198 valence electrons. The maximum absolute atomic E-state index is 13.0. The average molecular weight is 519 g/mol. The zero-order valence-electron chi connectivity index (χ0n) is 20.9. The van der Waals surface area contributed by atoms with Gasteiger partial charge in [-0.1, -0.05) is 19.9 Å². The van der Waals surface area contributed by atoms with Crippen molar-refractivity contribution in [3.05, 3.63) is 47.9 Å². The summed E-state index contributed by atoms with van der Waals surface area (Å²) in [5, 5.41) is 7.75. The van der Waals surface area contributed by atoms with E-state index in [1.165, 1.54) is 10.7 Å². The number of halogens is 3. The maximum Gasteiger partial charge on any atom is 0.433 e. The van der Waals surface area contributed by atoms with Crippen molar-refractivity contribution in [1.29, 1.82) is 0 Å². The van der Waals surface area contributed by atoms with Crippen molar-refractivity contribution in [2.75, 3.05) is 45.2 Å². The summed E-state index contributed by atoms with van der Waals surface area (Å²) >= 11 is 0. The minimum Gasteiger partial charge on any atom is -0.491 e. The lowest BCUT2D eigenvalue weighted by Gasteiger charge is -2.32. The van der Waals surface area contributed by atoms with E-state index in [1.807, 2.05) is 20.9 Å². The predicted octanol–water partition coefficient (Wildman–Crippen LogP) is 3.51. The van der Waals surface area contributed by atoms with E-state index in [0.717, 1.165) is 25.2 Å². The normalized spacial score (nSPS) is 14.8. The Kier molecular flexibility index (Phi) is 7.67. The quantitative estimate of drug-likeness (QED) is 0.515. The first kappa shape index (κ1) is 26.4. The molecule has 1 N–H and O–H groups in total. The topological polar surface area (TPSA) is 92.6 Å². The molecule has 4 rings (SSSR count). The molecule has 1 aliphatic heterocycles. The standard InChI is InChI=1S/C25H29F3N6O3/c1-16(2)15-37-21-12-19-17(13-34(31-19)14-23(35)33-9-7-32(3)8-10-33)11-20(21)30-24(36)18-5-4-6-22(29-18)25(26,27)28/h4-6,11-13,16H,7-10,14-15H2,1-3H3,(H,30,36). The zero-order valence-corrected chi connectivity index (χ0v) is 20.9. The Bertz CT molecular complexity index is 1280. The van der Waals surface area contributed by atoms with Crippen molar-refractivity contribution < 1.29 is 27.5 Å². The van der Waals surface area contributed by atoms with Crippen molar-refractivity contribution in [2.24, 2.45) is 5.92 Å². The molecule has 3 aromatic rings. The maximum atomic E-state index is 13.0. The third kappa shape index (κ3) is 6.56.